The van der Waals surface area contributed by atoms with E-state index in [0.717, 1.165) is 37.2 Å². The zero-order valence-corrected chi connectivity index (χ0v) is 33.2. The van der Waals surface area contributed by atoms with Crippen LogP contribution in [0.4, 0.5) is 11.4 Å². The van der Waals surface area contributed by atoms with Crippen LogP contribution in [-0.2, 0) is 30.5 Å². The van der Waals surface area contributed by atoms with Gasteiger partial charge in [0.15, 0.2) is 5.71 Å². The van der Waals surface area contributed by atoms with Gasteiger partial charge in [0.25, 0.3) is 6.47 Å². The monoisotopic (exact) mass is 756 g/mol. The fraction of sp³-hybridized carbons (Fsp3) is 0.319. The number of hydrogen-bond donors (Lipinski definition) is 0. The van der Waals surface area contributed by atoms with Crippen LogP contribution in [0, 0.1) is 0 Å². The van der Waals surface area contributed by atoms with Crippen molar-refractivity contribution >= 4 is 55.2 Å². The smallest absolute Gasteiger partial charge is 0.293 e. The summed E-state index contributed by atoms with van der Waals surface area (Å²) in [6.07, 6.45) is 22.5. The molecule has 4 aromatic rings. The van der Waals surface area contributed by atoms with E-state index < -0.39 is 10.1 Å². The third-order valence-corrected chi connectivity index (χ3v) is 11.7. The molecule has 0 bridgehead atoms. The normalized spacial score (nSPS) is 17.3. The van der Waals surface area contributed by atoms with Crippen LogP contribution in [0.15, 0.2) is 133 Å². The predicted molar refractivity (Wildman–Crippen MR) is 225 cm³/mol. The minimum atomic E-state index is -4.24. The van der Waals surface area contributed by atoms with Crippen molar-refractivity contribution in [3.63, 3.8) is 0 Å². The molecule has 286 valence electrons. The lowest BCUT2D eigenvalue weighted by atomic mass is 9.79. The van der Waals surface area contributed by atoms with E-state index in [4.69, 9.17) is 4.74 Å². The molecular weight excluding hydrogens is 705 g/mol. The summed E-state index contributed by atoms with van der Waals surface area (Å²) in [7, 11) is -4.24. The maximum Gasteiger partial charge on any atom is 0.293 e. The first kappa shape index (κ1) is 39.6. The van der Waals surface area contributed by atoms with E-state index in [1.807, 2.05) is 24.3 Å². The molecule has 0 aromatic heterocycles. The van der Waals surface area contributed by atoms with Crippen LogP contribution < -0.4 is 4.90 Å². The van der Waals surface area contributed by atoms with Gasteiger partial charge in [0.05, 0.1) is 22.1 Å². The van der Waals surface area contributed by atoms with Crippen LogP contribution >= 0.6 is 0 Å². The molecule has 0 aliphatic carbocycles. The first-order valence-corrected chi connectivity index (χ1v) is 20.9. The van der Waals surface area contributed by atoms with Gasteiger partial charge < -0.3 is 14.2 Å². The number of unbranched alkanes of at least 4 members (excludes halogenated alkanes) is 3. The number of carbonyl (C=O) groups is 1. The van der Waals surface area contributed by atoms with Gasteiger partial charge in [-0.3, -0.25) is 4.79 Å². The Morgan fingerprint density at radius 3 is 2.04 bits per heavy atom. The standard InChI is InChI=1S/C47H52N2O5S/c1-46(2)42(48(31-17-10-19-33-54-35-50)40-29-27-36-21-13-15-23-38(36)44(40)46)25-11-8-6-5-7-9-12-26-43-47(3,4)45-39-24-16-14-22-37(39)28-30-41(45)49(43)32-18-20-34-55(51,52)53/h5-9,11-16,21-30,35H,10,17-20,31-34H2,1-4H3. The summed E-state index contributed by atoms with van der Waals surface area (Å²) in [5.74, 6) is -0.345. The number of hydrogen-bond acceptors (Lipinski definition) is 6. The van der Waals surface area contributed by atoms with E-state index in [9.17, 15) is 17.8 Å². The Hall–Kier alpha value is -5.05. The maximum atomic E-state index is 11.3. The number of carbonyl (C=O) groups excluding carboxylic acids is 1. The van der Waals surface area contributed by atoms with Crippen LogP contribution in [0.25, 0.3) is 21.5 Å². The number of benzene rings is 4. The highest BCUT2D eigenvalue weighted by Crippen LogP contribution is 2.51. The molecule has 55 heavy (non-hydrogen) atoms. The maximum absolute atomic E-state index is 11.3. The molecule has 6 rings (SSSR count). The Labute approximate surface area is 326 Å². The average molecular weight is 757 g/mol. The molecule has 0 spiro atoms. The molecule has 0 saturated carbocycles. The summed E-state index contributed by atoms with van der Waals surface area (Å²) in [4.78, 5) is 12.8. The van der Waals surface area contributed by atoms with Crippen molar-refractivity contribution in [1.82, 2.24) is 0 Å². The highest BCUT2D eigenvalue weighted by Gasteiger charge is 2.45. The molecule has 0 unspecified atom stereocenters. The predicted octanol–water partition coefficient (Wildman–Crippen LogP) is 9.94. The first-order valence-electron chi connectivity index (χ1n) is 19.3. The van der Waals surface area contributed by atoms with Gasteiger partial charge in [0, 0.05) is 53.2 Å². The summed E-state index contributed by atoms with van der Waals surface area (Å²) < 4.78 is 41.1. The third kappa shape index (κ3) is 8.77. The Kier molecular flexibility index (Phi) is 12.4. The van der Waals surface area contributed by atoms with Crippen molar-refractivity contribution in [1.29, 1.82) is 0 Å². The van der Waals surface area contributed by atoms with Crippen molar-refractivity contribution in [2.45, 2.75) is 70.6 Å². The van der Waals surface area contributed by atoms with Crippen molar-refractivity contribution in [3.05, 3.63) is 144 Å². The lowest BCUT2D eigenvalue weighted by Crippen LogP contribution is -2.28. The number of fused-ring (bicyclic) bond motifs is 6. The minimum absolute atomic E-state index is 0.186. The topological polar surface area (TPSA) is 89.8 Å². The highest BCUT2D eigenvalue weighted by molar-refractivity contribution is 7.85. The third-order valence-electron chi connectivity index (χ3n) is 10.9. The molecule has 2 heterocycles. The van der Waals surface area contributed by atoms with Gasteiger partial charge in [-0.25, -0.2) is 8.42 Å². The highest BCUT2D eigenvalue weighted by atomic mass is 32.2. The zero-order chi connectivity index (χ0) is 39.1. The number of nitrogens with zero attached hydrogens (tertiary/aromatic N) is 2. The van der Waals surface area contributed by atoms with Crippen LogP contribution in [0.2, 0.25) is 0 Å². The second-order valence-electron chi connectivity index (χ2n) is 15.4. The van der Waals surface area contributed by atoms with Crippen LogP contribution in [-0.4, -0.2) is 55.2 Å². The Morgan fingerprint density at radius 2 is 1.35 bits per heavy atom. The fourth-order valence-corrected chi connectivity index (χ4v) is 8.95. The van der Waals surface area contributed by atoms with Crippen LogP contribution in [0.5, 0.6) is 0 Å². The fourth-order valence-electron chi connectivity index (χ4n) is 8.40. The van der Waals surface area contributed by atoms with Crippen LogP contribution in [0.1, 0.15) is 70.9 Å². The van der Waals surface area contributed by atoms with E-state index in [2.05, 4.69) is 140 Å². The Balaban J connectivity index is 1.18. The Bertz CT molecular complexity index is 2340. The molecule has 0 fully saturated rings. The van der Waals surface area contributed by atoms with E-state index in [0.29, 0.717) is 32.5 Å². The molecule has 0 atom stereocenters. The van der Waals surface area contributed by atoms with Crippen molar-refractivity contribution in [3.8, 4) is 0 Å². The lowest BCUT2D eigenvalue weighted by molar-refractivity contribution is -0.438. The number of rotatable bonds is 17. The van der Waals surface area contributed by atoms with Crippen LogP contribution in [0.3, 0.4) is 0 Å². The summed E-state index contributed by atoms with van der Waals surface area (Å²) in [6, 6.07) is 25.8. The van der Waals surface area contributed by atoms with E-state index in [1.54, 1.807) is 0 Å². The molecule has 0 amide bonds. The molecule has 4 aromatic carbocycles. The van der Waals surface area contributed by atoms with Gasteiger partial charge in [-0.05, 0) is 84.8 Å². The van der Waals surface area contributed by atoms with Crippen molar-refractivity contribution < 1.29 is 27.1 Å². The number of allylic oxidation sites excluding steroid dienone is 10. The van der Waals surface area contributed by atoms with Gasteiger partial charge in [-0.1, -0.05) is 111 Å². The molecule has 8 heteroatoms. The largest absolute Gasteiger partial charge is 0.748 e. The summed E-state index contributed by atoms with van der Waals surface area (Å²) in [5.41, 5.74) is 6.92. The van der Waals surface area contributed by atoms with Gasteiger partial charge in [0.1, 0.15) is 6.54 Å². The minimum Gasteiger partial charge on any atom is -0.748 e. The van der Waals surface area contributed by atoms with E-state index in [1.165, 1.54) is 44.1 Å². The summed E-state index contributed by atoms with van der Waals surface area (Å²) in [6.45, 7) is 11.6. The molecule has 0 radical (unpaired) electrons. The van der Waals surface area contributed by atoms with E-state index >= 15 is 0 Å². The second kappa shape index (κ2) is 17.2. The van der Waals surface area contributed by atoms with Gasteiger partial charge in [-0.2, -0.15) is 4.58 Å². The summed E-state index contributed by atoms with van der Waals surface area (Å²) >= 11 is 0. The van der Waals surface area contributed by atoms with Crippen molar-refractivity contribution in [2.75, 3.05) is 30.3 Å². The summed E-state index contributed by atoms with van der Waals surface area (Å²) in [5, 5.41) is 4.93. The molecule has 0 N–H and O–H groups in total. The molecule has 0 saturated heterocycles. The molecule has 2 aliphatic heterocycles. The molecular formula is C47H52N2O5S. The number of ether oxygens (including phenoxy) is 1. The van der Waals surface area contributed by atoms with E-state index in [-0.39, 0.29) is 16.6 Å². The average Bonchev–Trinajstić information content (AvgIpc) is 3.51. The number of anilines is 1. The van der Waals surface area contributed by atoms with Gasteiger partial charge in [0.2, 0.25) is 5.69 Å². The molecule has 7 nitrogen and oxygen atoms in total. The zero-order valence-electron chi connectivity index (χ0n) is 32.4. The molecule has 2 aliphatic rings. The van der Waals surface area contributed by atoms with Gasteiger partial charge in [-0.15, -0.1) is 0 Å². The Morgan fingerprint density at radius 1 is 0.709 bits per heavy atom. The lowest BCUT2D eigenvalue weighted by Gasteiger charge is -2.27. The second-order valence-corrected chi connectivity index (χ2v) is 16.9. The van der Waals surface area contributed by atoms with Gasteiger partial charge >= 0.3 is 0 Å². The SMILES string of the molecule is CC1(C)C(/C=C/C=C/C=C/C=C/C=C2/N(CCCCS(=O)(=O)[O-])c3ccc4ccccc4c3C2(C)C)=[N+](CCCCCOC=O)c2ccc3ccccc3c21. The first-order chi connectivity index (χ1) is 26.4. The van der Waals surface area contributed by atoms with Crippen molar-refractivity contribution in [2.24, 2.45) is 0 Å². The quantitative estimate of drug-likeness (QED) is 0.0350.